The molecule has 0 saturated carbocycles. The summed E-state index contributed by atoms with van der Waals surface area (Å²) < 4.78 is 7.15. The maximum Gasteiger partial charge on any atom is 0.410 e. The number of hydrogen-bond donors (Lipinski definition) is 1. The Labute approximate surface area is 138 Å². The number of nitrogens with one attached hydrogen (secondary N) is 1. The van der Waals surface area contributed by atoms with E-state index < -0.39 is 5.60 Å². The number of hydrogen-bond acceptors (Lipinski definition) is 5. The molecule has 7 heteroatoms. The third kappa shape index (κ3) is 5.49. The quantitative estimate of drug-likeness (QED) is 0.917. The van der Waals surface area contributed by atoms with E-state index in [0.717, 1.165) is 44.7 Å². The van der Waals surface area contributed by atoms with E-state index >= 15 is 0 Å². The molecular weight excluding hydrogens is 294 g/mol. The van der Waals surface area contributed by atoms with Gasteiger partial charge in [0.05, 0.1) is 5.69 Å². The van der Waals surface area contributed by atoms with Gasteiger partial charge < -0.3 is 15.0 Å². The Morgan fingerprint density at radius 3 is 2.57 bits per heavy atom. The molecule has 0 unspecified atom stereocenters. The Morgan fingerprint density at radius 2 is 2.04 bits per heavy atom. The summed E-state index contributed by atoms with van der Waals surface area (Å²) >= 11 is 0. The van der Waals surface area contributed by atoms with Crippen LogP contribution in [0, 0.1) is 5.41 Å². The lowest BCUT2D eigenvalue weighted by Gasteiger charge is -2.39. The van der Waals surface area contributed by atoms with Gasteiger partial charge in [0.2, 0.25) is 0 Å². The van der Waals surface area contributed by atoms with E-state index in [2.05, 4.69) is 22.6 Å². The van der Waals surface area contributed by atoms with Crippen molar-refractivity contribution in [3.63, 3.8) is 0 Å². The first-order valence-electron chi connectivity index (χ1n) is 8.21. The van der Waals surface area contributed by atoms with E-state index in [1.54, 1.807) is 4.68 Å². The molecule has 1 aromatic rings. The Bertz CT molecular complexity index is 527. The van der Waals surface area contributed by atoms with E-state index in [1.807, 2.05) is 38.9 Å². The van der Waals surface area contributed by atoms with Crippen LogP contribution in [0.4, 0.5) is 4.79 Å². The van der Waals surface area contributed by atoms with Gasteiger partial charge in [-0.3, -0.25) is 4.68 Å². The molecule has 2 rings (SSSR count). The Hall–Kier alpha value is -1.63. The number of piperidine rings is 1. The topological polar surface area (TPSA) is 72.3 Å². The number of aryl methyl sites for hydroxylation is 1. The molecule has 1 amide bonds. The van der Waals surface area contributed by atoms with Crippen LogP contribution in [0.5, 0.6) is 0 Å². The average molecular weight is 323 g/mol. The van der Waals surface area contributed by atoms with Crippen LogP contribution in [0.25, 0.3) is 0 Å². The van der Waals surface area contributed by atoms with Crippen molar-refractivity contribution in [2.24, 2.45) is 12.5 Å². The van der Waals surface area contributed by atoms with Crippen molar-refractivity contribution >= 4 is 6.09 Å². The molecule has 0 radical (unpaired) electrons. The van der Waals surface area contributed by atoms with Gasteiger partial charge in [-0.15, -0.1) is 5.10 Å². The summed E-state index contributed by atoms with van der Waals surface area (Å²) in [6, 6.07) is 0. The first kappa shape index (κ1) is 17.7. The summed E-state index contributed by atoms with van der Waals surface area (Å²) in [5, 5.41) is 11.5. The van der Waals surface area contributed by atoms with E-state index in [4.69, 9.17) is 4.74 Å². The number of carbonyl (C=O) groups excluding carboxylic acids is 1. The average Bonchev–Trinajstić information content (AvgIpc) is 2.83. The van der Waals surface area contributed by atoms with Gasteiger partial charge in [0.15, 0.2) is 0 Å². The van der Waals surface area contributed by atoms with Crippen molar-refractivity contribution in [1.29, 1.82) is 0 Å². The van der Waals surface area contributed by atoms with Crippen molar-refractivity contribution in [2.45, 2.75) is 52.7 Å². The van der Waals surface area contributed by atoms with Crippen LogP contribution < -0.4 is 5.32 Å². The van der Waals surface area contributed by atoms with E-state index in [-0.39, 0.29) is 11.5 Å². The monoisotopic (exact) mass is 323 g/mol. The first-order valence-corrected chi connectivity index (χ1v) is 8.21. The molecule has 2 heterocycles. The number of carbonyl (C=O) groups is 1. The summed E-state index contributed by atoms with van der Waals surface area (Å²) in [6.45, 7) is 11.1. The van der Waals surface area contributed by atoms with Crippen LogP contribution in [-0.4, -0.2) is 51.2 Å². The normalized spacial score (nSPS) is 18.0. The molecule has 1 fully saturated rings. The molecule has 1 aromatic heterocycles. The van der Waals surface area contributed by atoms with Crippen molar-refractivity contribution in [1.82, 2.24) is 25.2 Å². The highest BCUT2D eigenvalue weighted by molar-refractivity contribution is 5.68. The van der Waals surface area contributed by atoms with Gasteiger partial charge in [-0.1, -0.05) is 12.1 Å². The number of aromatic nitrogens is 3. The summed E-state index contributed by atoms with van der Waals surface area (Å²) in [5.74, 6) is 0. The van der Waals surface area contributed by atoms with Gasteiger partial charge in [-0.2, -0.15) is 0 Å². The van der Waals surface area contributed by atoms with Gasteiger partial charge in [-0.25, -0.2) is 4.79 Å². The maximum absolute atomic E-state index is 12.1. The highest BCUT2D eigenvalue weighted by atomic mass is 16.6. The summed E-state index contributed by atoms with van der Waals surface area (Å²) in [7, 11) is 1.87. The number of rotatable bonds is 4. The second-order valence-electron chi connectivity index (χ2n) is 7.77. The molecule has 7 nitrogen and oxygen atoms in total. The molecule has 1 aliphatic rings. The molecule has 1 saturated heterocycles. The van der Waals surface area contributed by atoms with Gasteiger partial charge >= 0.3 is 6.09 Å². The fraction of sp³-hybridized carbons (Fsp3) is 0.812. The van der Waals surface area contributed by atoms with Crippen molar-refractivity contribution in [3.8, 4) is 0 Å². The van der Waals surface area contributed by atoms with Crippen LogP contribution in [0.2, 0.25) is 0 Å². The highest BCUT2D eigenvalue weighted by Gasteiger charge is 2.33. The van der Waals surface area contributed by atoms with Crippen LogP contribution >= 0.6 is 0 Å². The SMILES string of the molecule is Cn1cc(CNCC2(C)CCN(C(=O)OC(C)(C)C)CC2)nn1. The van der Waals surface area contributed by atoms with Crippen LogP contribution in [0.3, 0.4) is 0 Å². The number of amides is 1. The smallest absolute Gasteiger partial charge is 0.410 e. The van der Waals surface area contributed by atoms with Gasteiger partial charge in [0.25, 0.3) is 0 Å². The lowest BCUT2D eigenvalue weighted by atomic mass is 9.80. The molecule has 0 aliphatic carbocycles. The minimum Gasteiger partial charge on any atom is -0.444 e. The molecule has 0 aromatic carbocycles. The number of likely N-dealkylation sites (tertiary alicyclic amines) is 1. The second-order valence-corrected chi connectivity index (χ2v) is 7.77. The second kappa shape index (κ2) is 6.86. The number of nitrogens with zero attached hydrogens (tertiary/aromatic N) is 4. The minimum atomic E-state index is -0.434. The van der Waals surface area contributed by atoms with Crippen molar-refractivity contribution < 1.29 is 9.53 Å². The van der Waals surface area contributed by atoms with E-state index in [0.29, 0.717) is 0 Å². The van der Waals surface area contributed by atoms with Crippen LogP contribution in [-0.2, 0) is 18.3 Å². The molecule has 0 atom stereocenters. The van der Waals surface area contributed by atoms with Gasteiger partial charge in [0, 0.05) is 39.4 Å². The molecular formula is C16H29N5O2. The Balaban J connectivity index is 1.74. The maximum atomic E-state index is 12.1. The first-order chi connectivity index (χ1) is 10.7. The summed E-state index contributed by atoms with van der Waals surface area (Å²) in [4.78, 5) is 13.9. The predicted molar refractivity (Wildman–Crippen MR) is 87.9 cm³/mol. The minimum absolute atomic E-state index is 0.195. The van der Waals surface area contributed by atoms with Crippen LogP contribution in [0.1, 0.15) is 46.2 Å². The third-order valence-corrected chi connectivity index (χ3v) is 4.13. The third-order valence-electron chi connectivity index (χ3n) is 4.13. The molecule has 1 N–H and O–H groups in total. The van der Waals surface area contributed by atoms with Crippen LogP contribution in [0.15, 0.2) is 6.20 Å². The molecule has 0 spiro atoms. The van der Waals surface area contributed by atoms with Crippen molar-refractivity contribution in [2.75, 3.05) is 19.6 Å². The van der Waals surface area contributed by atoms with E-state index in [1.165, 1.54) is 0 Å². The zero-order valence-electron chi connectivity index (χ0n) is 14.9. The zero-order chi connectivity index (χ0) is 17.1. The lowest BCUT2D eigenvalue weighted by molar-refractivity contribution is 0.0119. The summed E-state index contributed by atoms with van der Waals surface area (Å²) in [5.41, 5.74) is 0.707. The predicted octanol–water partition coefficient (Wildman–Crippen LogP) is 1.94. The fourth-order valence-electron chi connectivity index (χ4n) is 2.70. The van der Waals surface area contributed by atoms with E-state index in [9.17, 15) is 4.79 Å². The summed E-state index contributed by atoms with van der Waals surface area (Å²) in [6.07, 6.45) is 3.66. The molecule has 23 heavy (non-hydrogen) atoms. The molecule has 130 valence electrons. The Kier molecular flexibility index (Phi) is 5.29. The van der Waals surface area contributed by atoms with Gasteiger partial charge in [0.1, 0.15) is 5.60 Å². The number of ether oxygens (including phenoxy) is 1. The molecule has 0 bridgehead atoms. The lowest BCUT2D eigenvalue weighted by Crippen LogP contribution is -2.47. The molecule has 1 aliphatic heterocycles. The fourth-order valence-corrected chi connectivity index (χ4v) is 2.70. The van der Waals surface area contributed by atoms with Crippen molar-refractivity contribution in [3.05, 3.63) is 11.9 Å². The highest BCUT2D eigenvalue weighted by Crippen LogP contribution is 2.30. The Morgan fingerprint density at radius 1 is 1.39 bits per heavy atom. The zero-order valence-corrected chi connectivity index (χ0v) is 14.9. The largest absolute Gasteiger partial charge is 0.444 e. The standard InChI is InChI=1S/C16H29N5O2/c1-15(2,3)23-14(22)21-8-6-16(4,7-9-21)12-17-10-13-11-20(5)19-18-13/h11,17H,6-10,12H2,1-5H3. The van der Waals surface area contributed by atoms with Gasteiger partial charge in [-0.05, 0) is 39.0 Å².